The summed E-state index contributed by atoms with van der Waals surface area (Å²) < 4.78 is 26.5. The monoisotopic (exact) mass is 238 g/mol. The number of aromatic nitrogens is 1. The van der Waals surface area contributed by atoms with Crippen LogP contribution in [0.1, 0.15) is 23.2 Å². The molecule has 16 heavy (non-hydrogen) atoms. The summed E-state index contributed by atoms with van der Waals surface area (Å²) in [6.45, 7) is 1.74. The van der Waals surface area contributed by atoms with E-state index in [0.717, 1.165) is 3.97 Å². The second-order valence-electron chi connectivity index (χ2n) is 3.46. The molecule has 0 unspecified atom stereocenters. The molecule has 5 heteroatoms. The van der Waals surface area contributed by atoms with Crippen molar-refractivity contribution in [1.29, 1.82) is 5.26 Å². The van der Waals surface area contributed by atoms with Gasteiger partial charge >= 0.3 is 0 Å². The molecular weight excluding hydrogens is 230 g/mol. The Labute approximate surface area is 96.6 Å². The van der Waals surface area contributed by atoms with Crippen molar-refractivity contribution in [3.63, 3.8) is 0 Å². The van der Waals surface area contributed by atoms with Gasteiger partial charge in [-0.2, -0.15) is 5.26 Å². The Hall–Kier alpha value is -1.54. The second-order valence-corrected chi connectivity index (χ2v) is 3.86. The highest BCUT2D eigenvalue weighted by molar-refractivity contribution is 7.78. The maximum Gasteiger partial charge on any atom is 0.279 e. The number of aryl methyl sites for hydroxylation is 1. The van der Waals surface area contributed by atoms with Crippen LogP contribution in [0.5, 0.6) is 0 Å². The summed E-state index contributed by atoms with van der Waals surface area (Å²) in [6, 6.07) is 6.64. The van der Waals surface area contributed by atoms with Crippen molar-refractivity contribution in [3.8, 4) is 6.07 Å². The summed E-state index contributed by atoms with van der Waals surface area (Å²) in [4.78, 5) is 0. The lowest BCUT2D eigenvalue weighted by Crippen LogP contribution is -1.90. The SMILES string of the molecule is Cc1c(C#N)ccc2c1cc(C(F)F)n2S. The van der Waals surface area contributed by atoms with Crippen LogP contribution in [0.25, 0.3) is 10.9 Å². The molecule has 2 nitrogen and oxygen atoms in total. The van der Waals surface area contributed by atoms with Gasteiger partial charge in [-0.25, -0.2) is 8.78 Å². The number of hydrogen-bond donors (Lipinski definition) is 1. The summed E-state index contributed by atoms with van der Waals surface area (Å²) >= 11 is 4.02. The number of alkyl halides is 2. The molecule has 0 N–H and O–H groups in total. The molecule has 0 aliphatic rings. The van der Waals surface area contributed by atoms with Crippen molar-refractivity contribution in [1.82, 2.24) is 3.97 Å². The summed E-state index contributed by atoms with van der Waals surface area (Å²) in [5.74, 6) is 0. The molecule has 1 heterocycles. The summed E-state index contributed by atoms with van der Waals surface area (Å²) in [7, 11) is 0. The molecule has 0 atom stereocenters. The quantitative estimate of drug-likeness (QED) is 0.757. The van der Waals surface area contributed by atoms with E-state index in [1.54, 1.807) is 19.1 Å². The number of benzene rings is 1. The van der Waals surface area contributed by atoms with Gasteiger partial charge in [-0.3, -0.25) is 3.97 Å². The Morgan fingerprint density at radius 3 is 2.69 bits per heavy atom. The first-order valence-electron chi connectivity index (χ1n) is 4.58. The van der Waals surface area contributed by atoms with E-state index in [1.807, 2.05) is 6.07 Å². The third-order valence-electron chi connectivity index (χ3n) is 2.60. The maximum atomic E-state index is 12.6. The number of thiol groups is 1. The van der Waals surface area contributed by atoms with Crippen LogP contribution in [0, 0.1) is 18.3 Å². The topological polar surface area (TPSA) is 28.7 Å². The molecule has 0 aliphatic heterocycles. The van der Waals surface area contributed by atoms with Crippen molar-refractivity contribution in [2.75, 3.05) is 0 Å². The van der Waals surface area contributed by atoms with Crippen LogP contribution in [0.2, 0.25) is 0 Å². The molecule has 0 saturated carbocycles. The van der Waals surface area contributed by atoms with E-state index < -0.39 is 6.43 Å². The summed E-state index contributed by atoms with van der Waals surface area (Å²) in [5, 5.41) is 9.48. The Kier molecular flexibility index (Phi) is 2.60. The number of nitrogens with zero attached hydrogens (tertiary/aromatic N) is 2. The molecule has 2 aromatic rings. The van der Waals surface area contributed by atoms with Crippen molar-refractivity contribution < 1.29 is 8.78 Å². The van der Waals surface area contributed by atoms with E-state index in [4.69, 9.17) is 5.26 Å². The Balaban J connectivity index is 2.82. The number of nitriles is 1. The first-order valence-corrected chi connectivity index (χ1v) is 4.98. The van der Waals surface area contributed by atoms with Crippen LogP contribution in [0.4, 0.5) is 8.78 Å². The zero-order chi connectivity index (χ0) is 11.9. The van der Waals surface area contributed by atoms with Gasteiger partial charge in [-0.05, 0) is 30.7 Å². The molecule has 0 spiro atoms. The molecule has 82 valence electrons. The van der Waals surface area contributed by atoms with E-state index >= 15 is 0 Å². The van der Waals surface area contributed by atoms with Crippen LogP contribution < -0.4 is 0 Å². The standard InChI is InChI=1S/C11H8F2N2S/c1-6-7(5-14)2-3-9-8(6)4-10(11(12)13)15(9)16/h2-4,11,16H,1H3. The van der Waals surface area contributed by atoms with Gasteiger partial charge < -0.3 is 0 Å². The van der Waals surface area contributed by atoms with E-state index in [9.17, 15) is 8.78 Å². The first kappa shape index (κ1) is 11.0. The van der Waals surface area contributed by atoms with Gasteiger partial charge in [0.2, 0.25) is 0 Å². The van der Waals surface area contributed by atoms with E-state index in [1.165, 1.54) is 6.07 Å². The number of hydrogen-bond acceptors (Lipinski definition) is 2. The van der Waals surface area contributed by atoms with Crippen molar-refractivity contribution >= 4 is 23.7 Å². The normalized spacial score (nSPS) is 11.0. The lowest BCUT2D eigenvalue weighted by molar-refractivity contribution is 0.146. The number of halogens is 2. The molecule has 0 fully saturated rings. The van der Waals surface area contributed by atoms with Crippen molar-refractivity contribution in [2.24, 2.45) is 0 Å². The Morgan fingerprint density at radius 2 is 2.12 bits per heavy atom. The third kappa shape index (κ3) is 1.46. The van der Waals surface area contributed by atoms with E-state index in [0.29, 0.717) is 22.0 Å². The Bertz CT molecular complexity index is 596. The zero-order valence-electron chi connectivity index (χ0n) is 8.41. The largest absolute Gasteiger partial charge is 0.285 e. The average Bonchev–Trinajstić information content (AvgIpc) is 2.58. The van der Waals surface area contributed by atoms with Gasteiger partial charge in [-0.1, -0.05) is 12.8 Å². The van der Waals surface area contributed by atoms with Gasteiger partial charge in [0.25, 0.3) is 6.43 Å². The fourth-order valence-corrected chi connectivity index (χ4v) is 2.03. The first-order chi connectivity index (χ1) is 7.56. The van der Waals surface area contributed by atoms with Gasteiger partial charge in [0.15, 0.2) is 0 Å². The molecule has 0 radical (unpaired) electrons. The molecule has 0 aliphatic carbocycles. The maximum absolute atomic E-state index is 12.6. The van der Waals surface area contributed by atoms with E-state index in [2.05, 4.69) is 12.8 Å². The van der Waals surface area contributed by atoms with Crippen LogP contribution in [-0.4, -0.2) is 3.97 Å². The van der Waals surface area contributed by atoms with Gasteiger partial charge in [-0.15, -0.1) is 0 Å². The minimum absolute atomic E-state index is 0.156. The van der Waals surface area contributed by atoms with Crippen LogP contribution >= 0.6 is 12.8 Å². The molecule has 1 aromatic heterocycles. The van der Waals surface area contributed by atoms with Gasteiger partial charge in [0.1, 0.15) is 0 Å². The smallest absolute Gasteiger partial charge is 0.279 e. The minimum Gasteiger partial charge on any atom is -0.285 e. The molecule has 2 rings (SSSR count). The highest BCUT2D eigenvalue weighted by atomic mass is 32.1. The van der Waals surface area contributed by atoms with Crippen molar-refractivity contribution in [2.45, 2.75) is 13.3 Å². The molecule has 0 amide bonds. The molecular formula is C11H8F2N2S. The van der Waals surface area contributed by atoms with Crippen LogP contribution in [0.15, 0.2) is 18.2 Å². The number of fused-ring (bicyclic) bond motifs is 1. The molecule has 1 aromatic carbocycles. The van der Waals surface area contributed by atoms with Crippen molar-refractivity contribution in [3.05, 3.63) is 35.0 Å². The fourth-order valence-electron chi connectivity index (χ4n) is 1.71. The minimum atomic E-state index is -2.57. The summed E-state index contributed by atoms with van der Waals surface area (Å²) in [6.07, 6.45) is -2.57. The Morgan fingerprint density at radius 1 is 1.44 bits per heavy atom. The van der Waals surface area contributed by atoms with E-state index in [-0.39, 0.29) is 5.69 Å². The lowest BCUT2D eigenvalue weighted by atomic mass is 10.1. The van der Waals surface area contributed by atoms with Gasteiger partial charge in [0, 0.05) is 5.39 Å². The summed E-state index contributed by atoms with van der Waals surface area (Å²) in [5.41, 5.74) is 1.63. The molecule has 0 saturated heterocycles. The third-order valence-corrected chi connectivity index (χ3v) is 3.05. The fraction of sp³-hybridized carbons (Fsp3) is 0.182. The second kappa shape index (κ2) is 3.80. The average molecular weight is 238 g/mol. The van der Waals surface area contributed by atoms with Crippen LogP contribution in [-0.2, 0) is 0 Å². The lowest BCUT2D eigenvalue weighted by Gasteiger charge is -2.01. The van der Waals surface area contributed by atoms with Gasteiger partial charge in [0.05, 0.1) is 22.8 Å². The predicted molar refractivity (Wildman–Crippen MR) is 60.7 cm³/mol. The van der Waals surface area contributed by atoms with Crippen LogP contribution in [0.3, 0.4) is 0 Å². The zero-order valence-corrected chi connectivity index (χ0v) is 9.30. The highest BCUT2D eigenvalue weighted by Crippen LogP contribution is 2.31. The predicted octanol–water partition coefficient (Wildman–Crippen LogP) is 3.45. The molecule has 0 bridgehead atoms. The highest BCUT2D eigenvalue weighted by Gasteiger charge is 2.17. The number of rotatable bonds is 1.